The predicted octanol–water partition coefficient (Wildman–Crippen LogP) is 1.83. The highest BCUT2D eigenvalue weighted by molar-refractivity contribution is 9.10. The quantitative estimate of drug-likeness (QED) is 0.842. The van der Waals surface area contributed by atoms with Crippen LogP contribution in [0.4, 0.5) is 0 Å². The van der Waals surface area contributed by atoms with E-state index in [2.05, 4.69) is 21.2 Å². The van der Waals surface area contributed by atoms with E-state index in [9.17, 15) is 8.42 Å². The monoisotopic (exact) mass is 291 g/mol. The van der Waals surface area contributed by atoms with Gasteiger partial charge >= 0.3 is 0 Å². The molecule has 0 aliphatic heterocycles. The molecular weight excluding hydrogens is 278 g/mol. The van der Waals surface area contributed by atoms with Crippen molar-refractivity contribution in [2.45, 2.75) is 11.3 Å². The fourth-order valence-corrected chi connectivity index (χ4v) is 2.77. The van der Waals surface area contributed by atoms with Gasteiger partial charge in [0, 0.05) is 4.47 Å². The molecule has 84 valence electrons. The molecule has 0 aliphatic carbocycles. The van der Waals surface area contributed by atoms with Gasteiger partial charge < -0.3 is 5.32 Å². The zero-order chi connectivity index (χ0) is 11.3. The van der Waals surface area contributed by atoms with E-state index >= 15 is 0 Å². The molecule has 1 aromatic rings. The second-order valence-corrected chi connectivity index (χ2v) is 6.25. The van der Waals surface area contributed by atoms with Crippen LogP contribution in [0.1, 0.15) is 6.42 Å². The minimum absolute atomic E-state index is 0.190. The molecule has 0 fully saturated rings. The lowest BCUT2D eigenvalue weighted by Crippen LogP contribution is -2.14. The number of halogens is 1. The SMILES string of the molecule is CNCCCS(=O)(=O)c1ccc(Br)cc1. The molecule has 0 aromatic heterocycles. The van der Waals surface area contributed by atoms with Crippen LogP contribution in [0.2, 0.25) is 0 Å². The largest absolute Gasteiger partial charge is 0.320 e. The van der Waals surface area contributed by atoms with Crippen LogP contribution in [-0.4, -0.2) is 27.8 Å². The minimum Gasteiger partial charge on any atom is -0.320 e. The molecule has 0 unspecified atom stereocenters. The van der Waals surface area contributed by atoms with Crippen LogP contribution in [-0.2, 0) is 9.84 Å². The van der Waals surface area contributed by atoms with Crippen molar-refractivity contribution in [2.75, 3.05) is 19.3 Å². The second kappa shape index (κ2) is 5.63. The van der Waals surface area contributed by atoms with Gasteiger partial charge in [0.25, 0.3) is 0 Å². The topological polar surface area (TPSA) is 46.2 Å². The Labute approximate surface area is 98.9 Å². The van der Waals surface area contributed by atoms with Crippen LogP contribution in [0, 0.1) is 0 Å². The van der Waals surface area contributed by atoms with Crippen molar-refractivity contribution in [3.63, 3.8) is 0 Å². The first-order valence-electron chi connectivity index (χ1n) is 4.69. The van der Waals surface area contributed by atoms with Gasteiger partial charge in [0.1, 0.15) is 0 Å². The summed E-state index contributed by atoms with van der Waals surface area (Å²) in [5, 5.41) is 2.93. The molecule has 0 heterocycles. The summed E-state index contributed by atoms with van der Waals surface area (Å²) in [7, 11) is -1.30. The lowest BCUT2D eigenvalue weighted by atomic mass is 10.4. The summed E-state index contributed by atoms with van der Waals surface area (Å²) in [6.45, 7) is 0.718. The Morgan fingerprint density at radius 3 is 2.40 bits per heavy atom. The first-order chi connectivity index (χ1) is 7.06. The van der Waals surface area contributed by atoms with Gasteiger partial charge in [-0.3, -0.25) is 0 Å². The molecule has 0 aliphatic rings. The number of sulfone groups is 1. The Morgan fingerprint density at radius 1 is 1.27 bits per heavy atom. The normalized spacial score (nSPS) is 11.6. The summed E-state index contributed by atoms with van der Waals surface area (Å²) < 4.78 is 24.4. The fraction of sp³-hybridized carbons (Fsp3) is 0.400. The average Bonchev–Trinajstić information content (AvgIpc) is 2.18. The van der Waals surface area contributed by atoms with Crippen molar-refractivity contribution in [3.05, 3.63) is 28.7 Å². The van der Waals surface area contributed by atoms with Crippen molar-refractivity contribution >= 4 is 25.8 Å². The zero-order valence-corrected chi connectivity index (χ0v) is 10.9. The third-order valence-electron chi connectivity index (χ3n) is 2.01. The molecule has 15 heavy (non-hydrogen) atoms. The number of hydrogen-bond donors (Lipinski definition) is 1. The summed E-state index contributed by atoms with van der Waals surface area (Å²) in [6, 6.07) is 6.73. The van der Waals surface area contributed by atoms with E-state index in [0.29, 0.717) is 11.3 Å². The van der Waals surface area contributed by atoms with Gasteiger partial charge in [-0.15, -0.1) is 0 Å². The highest BCUT2D eigenvalue weighted by Gasteiger charge is 2.12. The van der Waals surface area contributed by atoms with E-state index in [1.54, 1.807) is 24.3 Å². The van der Waals surface area contributed by atoms with Crippen LogP contribution in [0.5, 0.6) is 0 Å². The first kappa shape index (κ1) is 12.7. The Balaban J connectivity index is 2.73. The van der Waals surface area contributed by atoms with Crippen LogP contribution >= 0.6 is 15.9 Å². The van der Waals surface area contributed by atoms with Gasteiger partial charge in [-0.25, -0.2) is 8.42 Å². The molecule has 1 N–H and O–H groups in total. The van der Waals surface area contributed by atoms with Crippen LogP contribution in [0.3, 0.4) is 0 Å². The van der Waals surface area contributed by atoms with Crippen LogP contribution in [0.25, 0.3) is 0 Å². The van der Waals surface area contributed by atoms with Crippen LogP contribution < -0.4 is 5.32 Å². The molecular formula is C10H14BrNO2S. The standard InChI is InChI=1S/C10H14BrNO2S/c1-12-7-2-8-15(13,14)10-5-3-9(11)4-6-10/h3-6,12H,2,7-8H2,1H3. The average molecular weight is 292 g/mol. The summed E-state index contributed by atoms with van der Waals surface area (Å²) in [6.07, 6.45) is 0.634. The van der Waals surface area contributed by atoms with Gasteiger partial charge in [0.15, 0.2) is 9.84 Å². The second-order valence-electron chi connectivity index (χ2n) is 3.23. The molecule has 5 heteroatoms. The Morgan fingerprint density at radius 2 is 1.87 bits per heavy atom. The third kappa shape index (κ3) is 3.93. The number of benzene rings is 1. The Bertz CT molecular complexity index is 400. The highest BCUT2D eigenvalue weighted by atomic mass is 79.9. The number of nitrogens with one attached hydrogen (secondary N) is 1. The van der Waals surface area contributed by atoms with Crippen molar-refractivity contribution < 1.29 is 8.42 Å². The molecule has 0 bridgehead atoms. The van der Waals surface area contributed by atoms with Gasteiger partial charge in [0.2, 0.25) is 0 Å². The third-order valence-corrected chi connectivity index (χ3v) is 4.36. The van der Waals surface area contributed by atoms with E-state index < -0.39 is 9.84 Å². The first-order valence-corrected chi connectivity index (χ1v) is 7.14. The maximum atomic E-state index is 11.8. The highest BCUT2D eigenvalue weighted by Crippen LogP contribution is 2.16. The van der Waals surface area contributed by atoms with E-state index in [1.165, 1.54) is 0 Å². The smallest absolute Gasteiger partial charge is 0.178 e. The van der Waals surface area contributed by atoms with Gasteiger partial charge in [-0.05, 0) is 44.3 Å². The molecule has 3 nitrogen and oxygen atoms in total. The molecule has 0 amide bonds. The zero-order valence-electron chi connectivity index (χ0n) is 8.53. The molecule has 0 atom stereocenters. The van der Waals surface area contributed by atoms with E-state index in [-0.39, 0.29) is 5.75 Å². The summed E-state index contributed by atoms with van der Waals surface area (Å²) in [5.41, 5.74) is 0. The lowest BCUT2D eigenvalue weighted by Gasteiger charge is -2.04. The maximum absolute atomic E-state index is 11.8. The van der Waals surface area contributed by atoms with E-state index in [1.807, 2.05) is 7.05 Å². The number of rotatable bonds is 5. The summed E-state index contributed by atoms with van der Waals surface area (Å²) >= 11 is 3.27. The number of hydrogen-bond acceptors (Lipinski definition) is 3. The van der Waals surface area contributed by atoms with E-state index in [4.69, 9.17) is 0 Å². The van der Waals surface area contributed by atoms with Crippen molar-refractivity contribution in [3.8, 4) is 0 Å². The van der Waals surface area contributed by atoms with Crippen molar-refractivity contribution in [2.24, 2.45) is 0 Å². The molecule has 0 saturated heterocycles. The summed E-state index contributed by atoms with van der Waals surface area (Å²) in [4.78, 5) is 0.391. The Kier molecular flexibility index (Phi) is 4.76. The van der Waals surface area contributed by atoms with Crippen LogP contribution in [0.15, 0.2) is 33.6 Å². The Hall–Kier alpha value is -0.390. The molecule has 1 aromatic carbocycles. The lowest BCUT2D eigenvalue weighted by molar-refractivity contribution is 0.591. The molecule has 0 saturated carbocycles. The van der Waals surface area contributed by atoms with Crippen molar-refractivity contribution in [1.82, 2.24) is 5.32 Å². The van der Waals surface area contributed by atoms with E-state index in [0.717, 1.165) is 11.0 Å². The maximum Gasteiger partial charge on any atom is 0.178 e. The minimum atomic E-state index is -3.11. The summed E-state index contributed by atoms with van der Waals surface area (Å²) in [5.74, 6) is 0.190. The predicted molar refractivity (Wildman–Crippen MR) is 64.7 cm³/mol. The van der Waals surface area contributed by atoms with Gasteiger partial charge in [0.05, 0.1) is 10.6 Å². The van der Waals surface area contributed by atoms with Crippen molar-refractivity contribution in [1.29, 1.82) is 0 Å². The molecule has 0 radical (unpaired) electrons. The molecule has 0 spiro atoms. The molecule has 1 rings (SSSR count). The van der Waals surface area contributed by atoms with Gasteiger partial charge in [-0.2, -0.15) is 0 Å². The van der Waals surface area contributed by atoms with Gasteiger partial charge in [-0.1, -0.05) is 15.9 Å². The fourth-order valence-electron chi connectivity index (χ4n) is 1.20.